The summed E-state index contributed by atoms with van der Waals surface area (Å²) in [6.07, 6.45) is 9.07. The zero-order valence-electron chi connectivity index (χ0n) is 14.2. The predicted octanol–water partition coefficient (Wildman–Crippen LogP) is 1.18. The molecule has 2 fully saturated rings. The number of aromatic nitrogens is 4. The van der Waals surface area contributed by atoms with Crippen molar-refractivity contribution < 1.29 is 4.74 Å². The molecule has 2 aromatic heterocycles. The van der Waals surface area contributed by atoms with Crippen molar-refractivity contribution in [3.63, 3.8) is 0 Å². The molecule has 25 heavy (non-hydrogen) atoms. The van der Waals surface area contributed by atoms with Gasteiger partial charge in [-0.25, -0.2) is 15.0 Å². The van der Waals surface area contributed by atoms with Crippen LogP contribution in [0.25, 0.3) is 0 Å². The number of morpholine rings is 1. The van der Waals surface area contributed by atoms with E-state index in [1.807, 2.05) is 0 Å². The van der Waals surface area contributed by atoms with Crippen LogP contribution in [-0.2, 0) is 4.74 Å². The van der Waals surface area contributed by atoms with Crippen LogP contribution in [0, 0.1) is 0 Å². The van der Waals surface area contributed by atoms with E-state index in [1.54, 1.807) is 24.9 Å². The molecule has 4 heterocycles. The minimum Gasteiger partial charge on any atom is -0.378 e. The summed E-state index contributed by atoms with van der Waals surface area (Å²) in [5, 5.41) is 3.47. The number of hydrogen-bond donors (Lipinski definition) is 1. The van der Waals surface area contributed by atoms with Crippen molar-refractivity contribution in [2.75, 3.05) is 54.5 Å². The van der Waals surface area contributed by atoms with E-state index in [1.165, 1.54) is 0 Å². The van der Waals surface area contributed by atoms with Crippen LogP contribution >= 0.6 is 0 Å². The quantitative estimate of drug-likeness (QED) is 0.888. The maximum atomic E-state index is 5.42. The largest absolute Gasteiger partial charge is 0.378 e. The van der Waals surface area contributed by atoms with Gasteiger partial charge < -0.3 is 19.9 Å². The van der Waals surface area contributed by atoms with Gasteiger partial charge in [-0.3, -0.25) is 4.98 Å². The van der Waals surface area contributed by atoms with Crippen LogP contribution in [0.2, 0.25) is 0 Å². The number of rotatable bonds is 4. The second-order valence-electron chi connectivity index (χ2n) is 6.35. The molecular formula is C17H23N7O. The van der Waals surface area contributed by atoms with Crippen LogP contribution in [0.3, 0.4) is 0 Å². The molecular weight excluding hydrogens is 318 g/mol. The number of hydrogen-bond acceptors (Lipinski definition) is 8. The maximum Gasteiger partial charge on any atom is 0.144 e. The third-order valence-corrected chi connectivity index (χ3v) is 4.63. The third kappa shape index (κ3) is 3.96. The SMILES string of the molecule is c1cnc(N[C@H]2CCCN(c3cc(N4CCOCC4)ncn3)C2)cn1. The molecule has 0 radical (unpaired) electrons. The van der Waals surface area contributed by atoms with Gasteiger partial charge in [-0.15, -0.1) is 0 Å². The Labute approximate surface area is 147 Å². The average molecular weight is 341 g/mol. The van der Waals surface area contributed by atoms with Crippen molar-refractivity contribution in [2.24, 2.45) is 0 Å². The molecule has 2 saturated heterocycles. The van der Waals surface area contributed by atoms with E-state index in [2.05, 4.69) is 41.1 Å². The highest BCUT2D eigenvalue weighted by atomic mass is 16.5. The standard InChI is InChI=1S/C17H23N7O/c1-2-14(22-15-11-18-3-4-19-15)12-24(5-1)17-10-16(20-13-21-17)23-6-8-25-9-7-23/h3-4,10-11,13-14H,1-2,5-9,12H2,(H,19,22)/t14-/m0/s1. The molecule has 0 spiro atoms. The van der Waals surface area contributed by atoms with Gasteiger partial charge in [0.2, 0.25) is 0 Å². The zero-order chi connectivity index (χ0) is 16.9. The topological polar surface area (TPSA) is 79.3 Å². The normalized spacial score (nSPS) is 21.2. The molecule has 0 aliphatic carbocycles. The Morgan fingerprint density at radius 2 is 1.84 bits per heavy atom. The highest BCUT2D eigenvalue weighted by Gasteiger charge is 2.22. The molecule has 0 aromatic carbocycles. The van der Waals surface area contributed by atoms with Crippen molar-refractivity contribution in [1.82, 2.24) is 19.9 Å². The van der Waals surface area contributed by atoms with Crippen LogP contribution < -0.4 is 15.1 Å². The van der Waals surface area contributed by atoms with Gasteiger partial charge in [0.1, 0.15) is 23.8 Å². The summed E-state index contributed by atoms with van der Waals surface area (Å²) < 4.78 is 5.42. The fraction of sp³-hybridized carbons (Fsp3) is 0.529. The van der Waals surface area contributed by atoms with Crippen LogP contribution in [0.5, 0.6) is 0 Å². The summed E-state index contributed by atoms with van der Waals surface area (Å²) >= 11 is 0. The van der Waals surface area contributed by atoms with Gasteiger partial charge in [0.25, 0.3) is 0 Å². The van der Waals surface area contributed by atoms with Gasteiger partial charge in [-0.2, -0.15) is 0 Å². The molecule has 8 heteroatoms. The van der Waals surface area contributed by atoms with Crippen LogP contribution in [-0.4, -0.2) is 65.4 Å². The number of nitrogens with zero attached hydrogens (tertiary/aromatic N) is 6. The molecule has 0 unspecified atom stereocenters. The van der Waals surface area contributed by atoms with Gasteiger partial charge in [0, 0.05) is 50.7 Å². The van der Waals surface area contributed by atoms with E-state index in [4.69, 9.17) is 4.74 Å². The lowest BCUT2D eigenvalue weighted by molar-refractivity contribution is 0.122. The zero-order valence-corrected chi connectivity index (χ0v) is 14.2. The minimum absolute atomic E-state index is 0.340. The third-order valence-electron chi connectivity index (χ3n) is 4.63. The van der Waals surface area contributed by atoms with Crippen molar-refractivity contribution in [3.8, 4) is 0 Å². The monoisotopic (exact) mass is 341 g/mol. The molecule has 1 N–H and O–H groups in total. The fourth-order valence-corrected chi connectivity index (χ4v) is 3.36. The van der Waals surface area contributed by atoms with E-state index < -0.39 is 0 Å². The van der Waals surface area contributed by atoms with E-state index in [9.17, 15) is 0 Å². The van der Waals surface area contributed by atoms with Crippen LogP contribution in [0.1, 0.15) is 12.8 Å². The summed E-state index contributed by atoms with van der Waals surface area (Å²) in [7, 11) is 0. The van der Waals surface area contributed by atoms with Crippen LogP contribution in [0.4, 0.5) is 17.5 Å². The molecule has 0 saturated carbocycles. The Balaban J connectivity index is 1.44. The summed E-state index contributed by atoms with van der Waals surface area (Å²) in [5.74, 6) is 2.80. The van der Waals surface area contributed by atoms with Crippen molar-refractivity contribution in [2.45, 2.75) is 18.9 Å². The fourth-order valence-electron chi connectivity index (χ4n) is 3.36. The van der Waals surface area contributed by atoms with Crippen molar-refractivity contribution in [3.05, 3.63) is 31.0 Å². The van der Waals surface area contributed by atoms with Gasteiger partial charge in [0.15, 0.2) is 0 Å². The molecule has 132 valence electrons. The first kappa shape index (κ1) is 16.0. The number of anilines is 3. The van der Waals surface area contributed by atoms with Crippen LogP contribution in [0.15, 0.2) is 31.0 Å². The summed E-state index contributed by atoms with van der Waals surface area (Å²) in [5.41, 5.74) is 0. The summed E-state index contributed by atoms with van der Waals surface area (Å²) in [4.78, 5) is 21.9. The highest BCUT2D eigenvalue weighted by molar-refractivity contribution is 5.51. The predicted molar refractivity (Wildman–Crippen MR) is 96.0 cm³/mol. The summed E-state index contributed by atoms with van der Waals surface area (Å²) in [6, 6.07) is 2.43. The Morgan fingerprint density at radius 1 is 1.00 bits per heavy atom. The molecule has 2 aromatic rings. The van der Waals surface area contributed by atoms with Crippen molar-refractivity contribution in [1.29, 1.82) is 0 Å². The molecule has 2 aliphatic heterocycles. The lowest BCUT2D eigenvalue weighted by atomic mass is 10.1. The molecule has 8 nitrogen and oxygen atoms in total. The Hall–Kier alpha value is -2.48. The van der Waals surface area contributed by atoms with E-state index in [0.29, 0.717) is 6.04 Å². The molecule has 0 amide bonds. The van der Waals surface area contributed by atoms with E-state index in [-0.39, 0.29) is 0 Å². The van der Waals surface area contributed by atoms with Gasteiger partial charge >= 0.3 is 0 Å². The smallest absolute Gasteiger partial charge is 0.144 e. The first-order valence-corrected chi connectivity index (χ1v) is 8.81. The number of nitrogens with one attached hydrogen (secondary N) is 1. The van der Waals surface area contributed by atoms with Crippen molar-refractivity contribution >= 4 is 17.5 Å². The molecule has 1 atom stereocenters. The Bertz CT molecular complexity index is 678. The number of ether oxygens (including phenoxy) is 1. The lowest BCUT2D eigenvalue weighted by Gasteiger charge is -2.35. The van der Waals surface area contributed by atoms with E-state index in [0.717, 1.165) is 69.7 Å². The Morgan fingerprint density at radius 3 is 2.64 bits per heavy atom. The molecule has 2 aliphatic rings. The first-order valence-electron chi connectivity index (χ1n) is 8.81. The van der Waals surface area contributed by atoms with Gasteiger partial charge in [-0.1, -0.05) is 0 Å². The average Bonchev–Trinajstić information content (AvgIpc) is 2.70. The summed E-state index contributed by atoms with van der Waals surface area (Å²) in [6.45, 7) is 5.19. The second kappa shape index (κ2) is 7.60. The van der Waals surface area contributed by atoms with Gasteiger partial charge in [0.05, 0.1) is 19.4 Å². The maximum absolute atomic E-state index is 5.42. The van der Waals surface area contributed by atoms with Gasteiger partial charge in [-0.05, 0) is 12.8 Å². The first-order chi connectivity index (χ1) is 12.4. The molecule has 0 bridgehead atoms. The Kier molecular flexibility index (Phi) is 4.87. The molecule has 4 rings (SSSR count). The minimum atomic E-state index is 0.340. The highest BCUT2D eigenvalue weighted by Crippen LogP contribution is 2.23. The second-order valence-corrected chi connectivity index (χ2v) is 6.35. The lowest BCUT2D eigenvalue weighted by Crippen LogP contribution is -2.43. The number of piperidine rings is 1. The van der Waals surface area contributed by atoms with E-state index >= 15 is 0 Å².